The number of nitrogens with zero attached hydrogens (tertiary/aromatic N) is 1. The molecule has 1 amide bonds. The van der Waals surface area contributed by atoms with E-state index in [1.807, 2.05) is 0 Å². The highest BCUT2D eigenvalue weighted by Gasteiger charge is 2.36. The number of carbonyl (C=O) groups excluding carboxylic acids is 1. The molecule has 1 aliphatic carbocycles. The van der Waals surface area contributed by atoms with Crippen LogP contribution in [0.4, 0.5) is 15.8 Å². The van der Waals surface area contributed by atoms with Crippen LogP contribution in [0.1, 0.15) is 23.2 Å². The van der Waals surface area contributed by atoms with Crippen LogP contribution < -0.4 is 10.0 Å². The molecule has 0 saturated heterocycles. The number of carbonyl (C=O) groups is 1. The topological polar surface area (TPSA) is 108 Å². The van der Waals surface area contributed by atoms with Gasteiger partial charge in [-0.2, -0.15) is 0 Å². The van der Waals surface area contributed by atoms with Crippen molar-refractivity contribution in [2.45, 2.75) is 18.1 Å². The molecule has 7 nitrogen and oxygen atoms in total. The number of aromatic nitrogens is 1. The van der Waals surface area contributed by atoms with E-state index in [1.54, 1.807) is 24.3 Å². The molecule has 9 heteroatoms. The summed E-state index contributed by atoms with van der Waals surface area (Å²) < 4.78 is 39.6. The fourth-order valence-electron chi connectivity index (χ4n) is 2.83. The average molecular weight is 427 g/mol. The van der Waals surface area contributed by atoms with Crippen molar-refractivity contribution >= 4 is 27.3 Å². The Morgan fingerprint density at radius 1 is 1.07 bits per heavy atom. The third kappa shape index (κ3) is 4.41. The van der Waals surface area contributed by atoms with E-state index in [0.29, 0.717) is 24.2 Å². The van der Waals surface area contributed by atoms with E-state index < -0.39 is 21.2 Å². The number of amides is 1. The molecule has 0 bridgehead atoms. The summed E-state index contributed by atoms with van der Waals surface area (Å²) in [5.41, 5.74) is 1.91. The first kappa shape index (κ1) is 19.8. The zero-order valence-corrected chi connectivity index (χ0v) is 16.5. The highest BCUT2D eigenvalue weighted by atomic mass is 32.2. The molecule has 1 saturated carbocycles. The zero-order valence-electron chi connectivity index (χ0n) is 15.7. The van der Waals surface area contributed by atoms with Crippen LogP contribution in [-0.4, -0.2) is 29.7 Å². The van der Waals surface area contributed by atoms with Crippen LogP contribution in [-0.2, 0) is 10.0 Å². The van der Waals surface area contributed by atoms with Crippen LogP contribution in [0.25, 0.3) is 11.3 Å². The van der Waals surface area contributed by atoms with Crippen molar-refractivity contribution in [3.8, 4) is 17.0 Å². The van der Waals surface area contributed by atoms with Crippen molar-refractivity contribution in [3.63, 3.8) is 0 Å². The highest BCUT2D eigenvalue weighted by Crippen LogP contribution is 2.33. The molecule has 4 rings (SSSR count). The number of aromatic hydroxyl groups is 1. The van der Waals surface area contributed by atoms with Gasteiger partial charge < -0.3 is 10.4 Å². The van der Waals surface area contributed by atoms with Crippen molar-refractivity contribution in [3.05, 3.63) is 72.2 Å². The molecule has 3 N–H and O–H groups in total. The van der Waals surface area contributed by atoms with Crippen LogP contribution in [0.5, 0.6) is 5.75 Å². The SMILES string of the molecule is O=C(Nc1ccc(O)c(NS(=O)(=O)C2CC2)c1)c1ccc(-c2ccc(F)cc2)nc1. The van der Waals surface area contributed by atoms with E-state index in [2.05, 4.69) is 15.0 Å². The summed E-state index contributed by atoms with van der Waals surface area (Å²) in [6, 6.07) is 13.2. The quantitative estimate of drug-likeness (QED) is 0.410. The fraction of sp³-hybridized carbons (Fsp3) is 0.143. The second-order valence-corrected chi connectivity index (χ2v) is 8.93. The minimum Gasteiger partial charge on any atom is -0.506 e. The minimum absolute atomic E-state index is 0.00415. The lowest BCUT2D eigenvalue weighted by atomic mass is 10.1. The summed E-state index contributed by atoms with van der Waals surface area (Å²) in [6.07, 6.45) is 2.58. The Morgan fingerprint density at radius 3 is 2.43 bits per heavy atom. The Hall–Kier alpha value is -3.46. The number of rotatable bonds is 6. The van der Waals surface area contributed by atoms with Crippen LogP contribution >= 0.6 is 0 Å². The largest absolute Gasteiger partial charge is 0.506 e. The van der Waals surface area contributed by atoms with Gasteiger partial charge >= 0.3 is 0 Å². The van der Waals surface area contributed by atoms with Gasteiger partial charge in [-0.1, -0.05) is 0 Å². The van der Waals surface area contributed by atoms with E-state index in [1.165, 1.54) is 36.5 Å². The molecule has 0 atom stereocenters. The molecule has 2 aromatic carbocycles. The standard InChI is InChI=1S/C21H18FN3O4S/c22-15-4-1-13(2-5-15)18-9-3-14(12-23-18)21(27)24-16-6-10-20(26)19(11-16)25-30(28,29)17-7-8-17/h1-6,9-12,17,25-26H,7-8H2,(H,24,27). The molecule has 0 unspecified atom stereocenters. The van der Waals surface area contributed by atoms with Gasteiger partial charge in [0.15, 0.2) is 0 Å². The molecule has 1 fully saturated rings. The maximum absolute atomic E-state index is 13.0. The number of pyridine rings is 1. The monoisotopic (exact) mass is 427 g/mol. The molecule has 1 aromatic heterocycles. The Balaban J connectivity index is 1.48. The molecule has 30 heavy (non-hydrogen) atoms. The summed E-state index contributed by atoms with van der Waals surface area (Å²) >= 11 is 0. The summed E-state index contributed by atoms with van der Waals surface area (Å²) in [6.45, 7) is 0. The zero-order chi connectivity index (χ0) is 21.3. The minimum atomic E-state index is -3.55. The Labute approximate surface area is 172 Å². The fourth-order valence-corrected chi connectivity index (χ4v) is 4.23. The van der Waals surface area contributed by atoms with Gasteiger partial charge in [-0.25, -0.2) is 12.8 Å². The van der Waals surface area contributed by atoms with Gasteiger partial charge in [0.05, 0.1) is 22.2 Å². The Kier molecular flexibility index (Phi) is 5.13. The van der Waals surface area contributed by atoms with Crippen molar-refractivity contribution in [2.24, 2.45) is 0 Å². The first-order valence-electron chi connectivity index (χ1n) is 9.20. The van der Waals surface area contributed by atoms with Gasteiger partial charge in [0.2, 0.25) is 10.0 Å². The van der Waals surface area contributed by atoms with Gasteiger partial charge in [-0.3, -0.25) is 14.5 Å². The number of halogens is 1. The van der Waals surface area contributed by atoms with Crippen molar-refractivity contribution in [1.82, 2.24) is 4.98 Å². The third-order valence-electron chi connectivity index (χ3n) is 4.64. The van der Waals surface area contributed by atoms with Crippen molar-refractivity contribution in [1.29, 1.82) is 0 Å². The van der Waals surface area contributed by atoms with Crippen molar-refractivity contribution in [2.75, 3.05) is 10.0 Å². The lowest BCUT2D eigenvalue weighted by molar-refractivity contribution is 0.102. The van der Waals surface area contributed by atoms with E-state index in [4.69, 9.17) is 0 Å². The normalized spacial score (nSPS) is 13.6. The van der Waals surface area contributed by atoms with Gasteiger partial charge in [-0.15, -0.1) is 0 Å². The lowest BCUT2D eigenvalue weighted by Crippen LogP contribution is -2.18. The number of benzene rings is 2. The molecule has 1 heterocycles. The predicted molar refractivity (Wildman–Crippen MR) is 111 cm³/mol. The molecule has 0 aliphatic heterocycles. The second kappa shape index (κ2) is 7.75. The van der Waals surface area contributed by atoms with E-state index in [-0.39, 0.29) is 22.8 Å². The summed E-state index contributed by atoms with van der Waals surface area (Å²) in [5.74, 6) is -1.03. The highest BCUT2D eigenvalue weighted by molar-refractivity contribution is 7.93. The smallest absolute Gasteiger partial charge is 0.257 e. The Bertz CT molecular complexity index is 1190. The average Bonchev–Trinajstić information content (AvgIpc) is 3.57. The summed E-state index contributed by atoms with van der Waals surface area (Å²) in [5, 5.41) is 12.1. The number of hydrogen-bond donors (Lipinski definition) is 3. The third-order valence-corrected chi connectivity index (χ3v) is 6.49. The number of phenols is 1. The molecule has 1 aliphatic rings. The number of phenolic OH excluding ortho intramolecular Hbond substituents is 1. The molecule has 3 aromatic rings. The van der Waals surface area contributed by atoms with Crippen LogP contribution in [0, 0.1) is 5.82 Å². The number of sulfonamides is 1. The van der Waals surface area contributed by atoms with Crippen LogP contribution in [0.2, 0.25) is 0 Å². The first-order chi connectivity index (χ1) is 14.3. The molecule has 154 valence electrons. The van der Waals surface area contributed by atoms with Crippen LogP contribution in [0.3, 0.4) is 0 Å². The summed E-state index contributed by atoms with van der Waals surface area (Å²) in [4.78, 5) is 16.7. The van der Waals surface area contributed by atoms with Gasteiger partial charge in [0.25, 0.3) is 5.91 Å². The first-order valence-corrected chi connectivity index (χ1v) is 10.7. The lowest BCUT2D eigenvalue weighted by Gasteiger charge is -2.12. The molecular formula is C21H18FN3O4S. The van der Waals surface area contributed by atoms with Crippen molar-refractivity contribution < 1.29 is 22.7 Å². The van der Waals surface area contributed by atoms with Gasteiger partial charge in [0.1, 0.15) is 11.6 Å². The maximum atomic E-state index is 13.0. The second-order valence-electron chi connectivity index (χ2n) is 6.97. The van der Waals surface area contributed by atoms with E-state index >= 15 is 0 Å². The van der Waals surface area contributed by atoms with E-state index in [0.717, 1.165) is 5.56 Å². The number of nitrogens with one attached hydrogen (secondary N) is 2. The molecule has 0 radical (unpaired) electrons. The number of anilines is 2. The molecule has 0 spiro atoms. The Morgan fingerprint density at radius 2 is 1.80 bits per heavy atom. The maximum Gasteiger partial charge on any atom is 0.257 e. The van der Waals surface area contributed by atoms with E-state index in [9.17, 15) is 22.7 Å². The van der Waals surface area contributed by atoms with Gasteiger partial charge in [-0.05, 0) is 67.4 Å². The summed E-state index contributed by atoms with van der Waals surface area (Å²) in [7, 11) is -3.55. The van der Waals surface area contributed by atoms with Gasteiger partial charge in [0, 0.05) is 17.4 Å². The van der Waals surface area contributed by atoms with Crippen LogP contribution in [0.15, 0.2) is 60.8 Å². The number of hydrogen-bond acceptors (Lipinski definition) is 5. The molecular weight excluding hydrogens is 409 g/mol. The predicted octanol–water partition coefficient (Wildman–Crippen LogP) is 3.75.